The molecule has 0 saturated carbocycles. The summed E-state index contributed by atoms with van der Waals surface area (Å²) in [7, 11) is 0. The lowest BCUT2D eigenvalue weighted by Crippen LogP contribution is -2.52. The van der Waals surface area contributed by atoms with Crippen LogP contribution >= 0.6 is 15.9 Å². The first kappa shape index (κ1) is 19.7. The number of carbonyl (C=O) groups is 2. The van der Waals surface area contributed by atoms with Gasteiger partial charge in [0.25, 0.3) is 0 Å². The maximum atomic E-state index is 12.3. The smallest absolute Gasteiger partial charge is 0.434 e. The lowest BCUT2D eigenvalue weighted by molar-refractivity contribution is -0.233. The first-order valence-electron chi connectivity index (χ1n) is 7.86. The van der Waals surface area contributed by atoms with Crippen LogP contribution in [0.3, 0.4) is 0 Å². The van der Waals surface area contributed by atoms with E-state index in [2.05, 4.69) is 15.9 Å². The van der Waals surface area contributed by atoms with Crippen LogP contribution in [0.5, 0.6) is 0 Å². The number of ether oxygens (including phenoxy) is 2. The molecule has 1 unspecified atom stereocenters. The predicted molar refractivity (Wildman–Crippen MR) is 92.9 cm³/mol. The zero-order valence-electron chi connectivity index (χ0n) is 14.5. The van der Waals surface area contributed by atoms with E-state index in [1.165, 1.54) is 0 Å². The van der Waals surface area contributed by atoms with E-state index >= 15 is 0 Å². The first-order chi connectivity index (χ1) is 11.6. The molecular weight excluding hydrogens is 394 g/mol. The summed E-state index contributed by atoms with van der Waals surface area (Å²) in [4.78, 5) is 28.7. The normalized spacial score (nSPS) is 21.0. The largest absolute Gasteiger partial charge is 0.480 e. The van der Waals surface area contributed by atoms with Crippen molar-refractivity contribution >= 4 is 28.0 Å². The Labute approximate surface area is 154 Å². The van der Waals surface area contributed by atoms with Crippen molar-refractivity contribution in [3.63, 3.8) is 0 Å². The van der Waals surface area contributed by atoms with Crippen LogP contribution in [0.15, 0.2) is 28.7 Å². The summed E-state index contributed by atoms with van der Waals surface area (Å²) in [5.74, 6) is -1.08. The van der Waals surface area contributed by atoms with Crippen molar-refractivity contribution < 1.29 is 29.0 Å². The summed E-state index contributed by atoms with van der Waals surface area (Å²) >= 11 is 3.37. The lowest BCUT2D eigenvalue weighted by Gasteiger charge is -2.41. The molecular formula is C17H22BrNO6. The minimum absolute atomic E-state index is 0.0385. The van der Waals surface area contributed by atoms with E-state index in [-0.39, 0.29) is 13.2 Å². The number of hydroxylamine groups is 2. The van der Waals surface area contributed by atoms with Crippen LogP contribution in [0.2, 0.25) is 0 Å². The molecule has 1 aromatic rings. The number of nitrogens with zero attached hydrogens (tertiary/aromatic N) is 1. The molecule has 0 bridgehead atoms. The van der Waals surface area contributed by atoms with Crippen LogP contribution in [0, 0.1) is 0 Å². The van der Waals surface area contributed by atoms with Crippen molar-refractivity contribution in [3.8, 4) is 0 Å². The molecule has 138 valence electrons. The van der Waals surface area contributed by atoms with E-state index in [1.807, 2.05) is 24.3 Å². The lowest BCUT2D eigenvalue weighted by atomic mass is 9.89. The Morgan fingerprint density at radius 1 is 1.32 bits per heavy atom. The molecule has 0 aromatic heterocycles. The zero-order chi connectivity index (χ0) is 18.7. The molecule has 7 nitrogen and oxygen atoms in total. The molecule has 1 fully saturated rings. The molecule has 1 saturated heterocycles. The van der Waals surface area contributed by atoms with Gasteiger partial charge >= 0.3 is 12.1 Å². The summed E-state index contributed by atoms with van der Waals surface area (Å²) in [6.45, 7) is 5.05. The topological polar surface area (TPSA) is 85.3 Å². The van der Waals surface area contributed by atoms with Crippen molar-refractivity contribution in [2.75, 3.05) is 19.8 Å². The van der Waals surface area contributed by atoms with Gasteiger partial charge in [-0.1, -0.05) is 28.1 Å². The number of hydrogen-bond acceptors (Lipinski definition) is 5. The standard InChI is InChI=1S/C17H22BrNO6/c1-16(2,3)25-15(22)19-11-17(8-9-24-19,23-10-14(20)21)12-4-6-13(18)7-5-12/h4-7H,8-11H2,1-3H3,(H,20,21). The first-order valence-corrected chi connectivity index (χ1v) is 8.66. The van der Waals surface area contributed by atoms with Crippen LogP contribution < -0.4 is 0 Å². The number of amides is 1. The Morgan fingerprint density at radius 3 is 2.52 bits per heavy atom. The highest BCUT2D eigenvalue weighted by atomic mass is 79.9. The highest BCUT2D eigenvalue weighted by molar-refractivity contribution is 9.10. The summed E-state index contributed by atoms with van der Waals surface area (Å²) in [5.41, 5.74) is -0.872. The number of benzene rings is 1. The average molecular weight is 416 g/mol. The van der Waals surface area contributed by atoms with Gasteiger partial charge in [-0.2, -0.15) is 5.06 Å². The molecule has 0 spiro atoms. The summed E-state index contributed by atoms with van der Waals surface area (Å²) in [5, 5.41) is 10.1. The average Bonchev–Trinajstić information content (AvgIpc) is 2.52. The third-order valence-corrected chi connectivity index (χ3v) is 4.12. The number of carbonyl (C=O) groups excluding carboxylic acids is 1. The molecule has 0 radical (unpaired) electrons. The molecule has 1 atom stereocenters. The Balaban J connectivity index is 2.26. The van der Waals surface area contributed by atoms with Crippen molar-refractivity contribution in [2.24, 2.45) is 0 Å². The Kier molecular flexibility index (Phi) is 6.08. The van der Waals surface area contributed by atoms with E-state index < -0.39 is 29.9 Å². The quantitative estimate of drug-likeness (QED) is 0.811. The number of hydrogen-bond donors (Lipinski definition) is 1. The van der Waals surface area contributed by atoms with Gasteiger partial charge in [-0.05, 0) is 38.5 Å². The van der Waals surface area contributed by atoms with E-state index in [0.717, 1.165) is 15.1 Å². The zero-order valence-corrected chi connectivity index (χ0v) is 16.0. The fourth-order valence-electron chi connectivity index (χ4n) is 2.50. The van der Waals surface area contributed by atoms with Crippen molar-refractivity contribution in [1.82, 2.24) is 5.06 Å². The Morgan fingerprint density at radius 2 is 1.96 bits per heavy atom. The maximum Gasteiger partial charge on any atom is 0.434 e. The number of halogens is 1. The summed E-state index contributed by atoms with van der Waals surface area (Å²) in [6, 6.07) is 7.36. The highest BCUT2D eigenvalue weighted by Gasteiger charge is 2.42. The number of carboxylic acids is 1. The van der Waals surface area contributed by atoms with Gasteiger partial charge in [0.05, 0.1) is 13.2 Å². The molecule has 25 heavy (non-hydrogen) atoms. The van der Waals surface area contributed by atoms with Crippen LogP contribution in [-0.4, -0.2) is 47.6 Å². The summed E-state index contributed by atoms with van der Waals surface area (Å²) in [6.07, 6.45) is -0.214. The molecule has 1 aromatic carbocycles. The SMILES string of the molecule is CC(C)(C)OC(=O)N1CC(OCC(=O)O)(c2ccc(Br)cc2)CCO1. The molecule has 2 rings (SSSR count). The molecule has 1 amide bonds. The van der Waals surface area contributed by atoms with Gasteiger partial charge in [0.15, 0.2) is 0 Å². The van der Waals surface area contributed by atoms with Crippen molar-refractivity contribution in [3.05, 3.63) is 34.3 Å². The second-order valence-corrected chi connectivity index (χ2v) is 7.70. The van der Waals surface area contributed by atoms with Crippen LogP contribution in [0.25, 0.3) is 0 Å². The fourth-order valence-corrected chi connectivity index (χ4v) is 2.76. The van der Waals surface area contributed by atoms with E-state index in [9.17, 15) is 9.59 Å². The van der Waals surface area contributed by atoms with Gasteiger partial charge in [-0.3, -0.25) is 4.84 Å². The number of rotatable bonds is 4. The molecule has 1 aliphatic rings. The maximum absolute atomic E-state index is 12.3. The molecule has 8 heteroatoms. The van der Waals surface area contributed by atoms with Gasteiger partial charge < -0.3 is 14.6 Å². The van der Waals surface area contributed by atoms with E-state index in [1.54, 1.807) is 20.8 Å². The second-order valence-electron chi connectivity index (χ2n) is 6.78. The van der Waals surface area contributed by atoms with Gasteiger partial charge in [0.2, 0.25) is 0 Å². The van der Waals surface area contributed by atoms with Gasteiger partial charge in [0.1, 0.15) is 17.8 Å². The van der Waals surface area contributed by atoms with E-state index in [4.69, 9.17) is 19.4 Å². The van der Waals surface area contributed by atoms with Crippen LogP contribution in [0.4, 0.5) is 4.79 Å². The summed E-state index contributed by atoms with van der Waals surface area (Å²) < 4.78 is 11.9. The van der Waals surface area contributed by atoms with E-state index in [0.29, 0.717) is 6.42 Å². The second kappa shape index (κ2) is 7.72. The molecule has 0 aliphatic carbocycles. The van der Waals surface area contributed by atoms with Gasteiger partial charge in [-0.25, -0.2) is 9.59 Å². The minimum atomic E-state index is -1.08. The Bertz CT molecular complexity index is 627. The highest BCUT2D eigenvalue weighted by Crippen LogP contribution is 2.35. The number of carboxylic acid groups (broad SMARTS) is 1. The number of aliphatic carboxylic acids is 1. The molecule has 1 N–H and O–H groups in total. The molecule has 1 heterocycles. The van der Waals surface area contributed by atoms with Crippen molar-refractivity contribution in [2.45, 2.75) is 38.4 Å². The van der Waals surface area contributed by atoms with Crippen LogP contribution in [0.1, 0.15) is 32.8 Å². The van der Waals surface area contributed by atoms with Gasteiger partial charge in [-0.15, -0.1) is 0 Å². The fraction of sp³-hybridized carbons (Fsp3) is 0.529. The third-order valence-electron chi connectivity index (χ3n) is 3.59. The van der Waals surface area contributed by atoms with Crippen molar-refractivity contribution in [1.29, 1.82) is 0 Å². The third kappa shape index (κ3) is 5.42. The Hall–Kier alpha value is -1.64. The molecule has 1 aliphatic heterocycles. The predicted octanol–water partition coefficient (Wildman–Crippen LogP) is 3.32. The minimum Gasteiger partial charge on any atom is -0.480 e. The monoisotopic (exact) mass is 415 g/mol. The van der Waals surface area contributed by atoms with Crippen LogP contribution in [-0.2, 0) is 24.7 Å². The van der Waals surface area contributed by atoms with Gasteiger partial charge in [0, 0.05) is 10.9 Å².